The van der Waals surface area contributed by atoms with Crippen molar-refractivity contribution in [2.75, 3.05) is 20.7 Å². The summed E-state index contributed by atoms with van der Waals surface area (Å²) in [6.45, 7) is 12.0. The zero-order chi connectivity index (χ0) is 29.2. The Morgan fingerprint density at radius 1 is 0.744 bits per heavy atom. The molecule has 2 aromatic rings. The first-order valence-electron chi connectivity index (χ1n) is 12.5. The summed E-state index contributed by atoms with van der Waals surface area (Å²) in [5.74, 6) is 0.472. The van der Waals surface area contributed by atoms with Crippen molar-refractivity contribution in [3.05, 3.63) is 65.2 Å². The predicted octanol–water partition coefficient (Wildman–Crippen LogP) is 6.48. The van der Waals surface area contributed by atoms with E-state index in [1.165, 1.54) is 13.2 Å². The minimum Gasteiger partial charge on any atom is -0.496 e. The van der Waals surface area contributed by atoms with Gasteiger partial charge in [0.2, 0.25) is 13.6 Å². The van der Waals surface area contributed by atoms with Crippen molar-refractivity contribution in [3.63, 3.8) is 0 Å². The molecule has 8 nitrogen and oxygen atoms in total. The highest BCUT2D eigenvalue weighted by Crippen LogP contribution is 2.32. The molecule has 0 saturated heterocycles. The molecule has 0 bridgehead atoms. The number of carbonyl (C=O) groups excluding carboxylic acids is 3. The van der Waals surface area contributed by atoms with Gasteiger partial charge in [-0.2, -0.15) is 0 Å². The Balaban J connectivity index is 2.10. The van der Waals surface area contributed by atoms with Crippen molar-refractivity contribution in [2.24, 2.45) is 10.8 Å². The van der Waals surface area contributed by atoms with Crippen molar-refractivity contribution in [1.82, 2.24) is 0 Å². The number of ketones is 1. The summed E-state index contributed by atoms with van der Waals surface area (Å²) in [5, 5.41) is 0. The van der Waals surface area contributed by atoms with Gasteiger partial charge < -0.3 is 23.7 Å². The number of carbonyl (C=O) groups is 3. The third-order valence-electron chi connectivity index (χ3n) is 5.31. The van der Waals surface area contributed by atoms with Gasteiger partial charge in [0.05, 0.1) is 17.9 Å². The van der Waals surface area contributed by atoms with E-state index in [0.29, 0.717) is 28.4 Å². The number of rotatable bonds is 11. The van der Waals surface area contributed by atoms with Crippen LogP contribution in [0.3, 0.4) is 0 Å². The van der Waals surface area contributed by atoms with Crippen LogP contribution in [0.4, 0.5) is 0 Å². The van der Waals surface area contributed by atoms with E-state index < -0.39 is 10.8 Å². The van der Waals surface area contributed by atoms with Gasteiger partial charge in [-0.1, -0.05) is 12.2 Å². The van der Waals surface area contributed by atoms with Crippen molar-refractivity contribution in [2.45, 2.75) is 48.5 Å². The molecule has 0 saturated carbocycles. The largest absolute Gasteiger partial charge is 0.496 e. The Bertz CT molecular complexity index is 1210. The van der Waals surface area contributed by atoms with Crippen molar-refractivity contribution in [1.29, 1.82) is 0 Å². The molecular formula is C31H38O8. The molecule has 2 rings (SSSR count). The van der Waals surface area contributed by atoms with Crippen LogP contribution in [0.15, 0.2) is 48.6 Å². The molecule has 0 atom stereocenters. The zero-order valence-corrected chi connectivity index (χ0v) is 24.0. The predicted molar refractivity (Wildman–Crippen MR) is 150 cm³/mol. The first-order valence-corrected chi connectivity index (χ1v) is 12.5. The van der Waals surface area contributed by atoms with Gasteiger partial charge >= 0.3 is 11.9 Å². The van der Waals surface area contributed by atoms with Crippen molar-refractivity contribution in [3.8, 4) is 17.2 Å². The molecular weight excluding hydrogens is 500 g/mol. The lowest BCUT2D eigenvalue weighted by atomic mass is 9.97. The van der Waals surface area contributed by atoms with Crippen LogP contribution < -0.4 is 14.2 Å². The van der Waals surface area contributed by atoms with Crippen LogP contribution in [-0.2, 0) is 19.1 Å². The molecule has 0 heterocycles. The highest BCUT2D eigenvalue weighted by Gasteiger charge is 2.24. The summed E-state index contributed by atoms with van der Waals surface area (Å²) in [4.78, 5) is 36.6. The number of allylic oxidation sites excluding steroid dienone is 2. The molecule has 0 radical (unpaired) electrons. The lowest BCUT2D eigenvalue weighted by Gasteiger charge is -2.18. The number of methoxy groups -OCH3 is 1. The Hall–Kier alpha value is -4.07. The first kappa shape index (κ1) is 31.1. The van der Waals surface area contributed by atoms with Crippen molar-refractivity contribution >= 4 is 29.9 Å². The molecule has 0 spiro atoms. The first-order chi connectivity index (χ1) is 18.3. The molecule has 39 heavy (non-hydrogen) atoms. The Morgan fingerprint density at radius 2 is 1.28 bits per heavy atom. The minimum absolute atomic E-state index is 0.212. The van der Waals surface area contributed by atoms with Crippen LogP contribution in [0.2, 0.25) is 0 Å². The van der Waals surface area contributed by atoms with E-state index in [1.54, 1.807) is 78.0 Å². The molecule has 0 amide bonds. The van der Waals surface area contributed by atoms with E-state index in [1.807, 2.05) is 25.1 Å². The van der Waals surface area contributed by atoms with E-state index in [2.05, 4.69) is 0 Å². The van der Waals surface area contributed by atoms with Gasteiger partial charge in [-0.05, 0) is 91.0 Å². The summed E-state index contributed by atoms with van der Waals surface area (Å²) in [6.07, 6.45) is 6.80. The fraction of sp³-hybridized carbons (Fsp3) is 0.387. The van der Waals surface area contributed by atoms with Crippen LogP contribution in [0.25, 0.3) is 12.2 Å². The van der Waals surface area contributed by atoms with E-state index >= 15 is 0 Å². The van der Waals surface area contributed by atoms with E-state index in [0.717, 1.165) is 5.56 Å². The number of esters is 2. The molecule has 0 aliphatic rings. The zero-order valence-electron chi connectivity index (χ0n) is 24.0. The maximum absolute atomic E-state index is 12.8. The fourth-order valence-corrected chi connectivity index (χ4v) is 3.04. The highest BCUT2D eigenvalue weighted by molar-refractivity contribution is 6.07. The summed E-state index contributed by atoms with van der Waals surface area (Å²) >= 11 is 0. The van der Waals surface area contributed by atoms with Crippen LogP contribution in [-0.4, -0.2) is 38.4 Å². The summed E-state index contributed by atoms with van der Waals surface area (Å²) in [6, 6.07) is 10.0. The second-order valence-electron chi connectivity index (χ2n) is 10.7. The molecule has 0 fully saturated rings. The lowest BCUT2D eigenvalue weighted by molar-refractivity contribution is -0.160. The smallest absolute Gasteiger partial charge is 0.314 e. The molecule has 8 heteroatoms. The van der Waals surface area contributed by atoms with Gasteiger partial charge in [0.15, 0.2) is 5.78 Å². The summed E-state index contributed by atoms with van der Waals surface area (Å²) < 4.78 is 27.0. The number of ether oxygens (including phenoxy) is 5. The van der Waals surface area contributed by atoms with Gasteiger partial charge in [-0.3, -0.25) is 14.4 Å². The van der Waals surface area contributed by atoms with E-state index in [-0.39, 0.29) is 31.3 Å². The summed E-state index contributed by atoms with van der Waals surface area (Å²) in [7, 11) is 1.52. The number of hydrogen-bond donors (Lipinski definition) is 0. The second kappa shape index (κ2) is 13.6. The topological polar surface area (TPSA) is 97.4 Å². The highest BCUT2D eigenvalue weighted by atomic mass is 16.7. The maximum Gasteiger partial charge on any atom is 0.314 e. The normalized spacial score (nSPS) is 11.9. The Morgan fingerprint density at radius 3 is 1.79 bits per heavy atom. The maximum atomic E-state index is 12.8. The lowest BCUT2D eigenvalue weighted by Crippen LogP contribution is -2.24. The second-order valence-corrected chi connectivity index (χ2v) is 10.7. The molecule has 0 aromatic heterocycles. The van der Waals surface area contributed by atoms with E-state index in [9.17, 15) is 14.4 Å². The minimum atomic E-state index is -0.636. The van der Waals surface area contributed by atoms with Gasteiger partial charge in [0.25, 0.3) is 0 Å². The van der Waals surface area contributed by atoms with Crippen LogP contribution in [0.1, 0.15) is 70.0 Å². The van der Waals surface area contributed by atoms with E-state index in [4.69, 9.17) is 23.7 Å². The Labute approximate surface area is 230 Å². The average Bonchev–Trinajstić information content (AvgIpc) is 2.87. The quantitative estimate of drug-likeness (QED) is 0.139. The third kappa shape index (κ3) is 9.63. The van der Waals surface area contributed by atoms with Crippen LogP contribution in [0.5, 0.6) is 17.2 Å². The Kier molecular flexibility index (Phi) is 10.9. The van der Waals surface area contributed by atoms with Gasteiger partial charge in [0.1, 0.15) is 17.2 Å². The van der Waals surface area contributed by atoms with Crippen LogP contribution >= 0.6 is 0 Å². The fourth-order valence-electron chi connectivity index (χ4n) is 3.04. The standard InChI is InChI=1S/C31H38O8/c1-9-10-22-17-23(26(35-8)18-27(22)37-20-39-29(34)31(5,6)7)13-16-25(32)21-11-14-24(15-12-21)36-19-38-28(33)30(2,3)4/h9-18H,19-20H2,1-8H3/b10-9+,16-13+. The average molecular weight is 539 g/mol. The number of benzene rings is 2. The molecule has 0 aliphatic heterocycles. The molecule has 0 N–H and O–H groups in total. The molecule has 2 aromatic carbocycles. The third-order valence-corrected chi connectivity index (χ3v) is 5.31. The number of hydrogen-bond acceptors (Lipinski definition) is 8. The van der Waals surface area contributed by atoms with Crippen molar-refractivity contribution < 1.29 is 38.1 Å². The molecule has 210 valence electrons. The van der Waals surface area contributed by atoms with Gasteiger partial charge in [-0.25, -0.2) is 0 Å². The van der Waals surface area contributed by atoms with Crippen LogP contribution in [0, 0.1) is 10.8 Å². The van der Waals surface area contributed by atoms with Gasteiger partial charge in [0, 0.05) is 22.8 Å². The monoisotopic (exact) mass is 538 g/mol. The molecule has 0 aliphatic carbocycles. The summed E-state index contributed by atoms with van der Waals surface area (Å²) in [5.41, 5.74) is 0.599. The van der Waals surface area contributed by atoms with Gasteiger partial charge in [-0.15, -0.1) is 0 Å². The SMILES string of the molecule is C/C=C/c1cc(/C=C/C(=O)c2ccc(OCOC(=O)C(C)(C)C)cc2)c(OC)cc1OCOC(=O)C(C)(C)C. The molecule has 0 unspecified atom stereocenters.